The molecule has 0 fully saturated rings. The lowest BCUT2D eigenvalue weighted by atomic mass is 10.3. The van der Waals surface area contributed by atoms with E-state index in [1.165, 1.54) is 11.4 Å². The fourth-order valence-corrected chi connectivity index (χ4v) is 3.25. The molecule has 0 atom stereocenters. The second-order valence-electron chi connectivity index (χ2n) is 4.85. The van der Waals surface area contributed by atoms with Gasteiger partial charge in [-0.3, -0.25) is 9.50 Å². The van der Waals surface area contributed by atoms with E-state index in [1.807, 2.05) is 0 Å². The normalized spacial score (nSPS) is 11.5. The molecule has 0 radical (unpaired) electrons. The number of nitrogens with one attached hydrogen (secondary N) is 2. The molecular weight excluding hydrogens is 272 g/mol. The first-order chi connectivity index (χ1) is 9.75. The SMILES string of the molecule is Cc1nc2scc(C)n2c1CNCCCc1ncn[nH]1. The zero-order chi connectivity index (χ0) is 13.9. The summed E-state index contributed by atoms with van der Waals surface area (Å²) in [7, 11) is 0. The molecule has 0 aliphatic heterocycles. The molecule has 3 heterocycles. The van der Waals surface area contributed by atoms with Crippen molar-refractivity contribution in [2.24, 2.45) is 0 Å². The Morgan fingerprint density at radius 3 is 3.10 bits per heavy atom. The van der Waals surface area contributed by atoms with Gasteiger partial charge in [0.1, 0.15) is 12.2 Å². The molecule has 0 aromatic carbocycles. The fraction of sp³-hybridized carbons (Fsp3) is 0.462. The molecule has 3 aromatic rings. The van der Waals surface area contributed by atoms with Crippen LogP contribution in [0.5, 0.6) is 0 Å². The molecule has 0 amide bonds. The highest BCUT2D eigenvalue weighted by atomic mass is 32.1. The topological polar surface area (TPSA) is 70.9 Å². The summed E-state index contributed by atoms with van der Waals surface area (Å²) in [5, 5.41) is 12.4. The predicted molar refractivity (Wildman–Crippen MR) is 79.0 cm³/mol. The quantitative estimate of drug-likeness (QED) is 0.680. The molecule has 6 nitrogen and oxygen atoms in total. The van der Waals surface area contributed by atoms with Crippen molar-refractivity contribution in [3.8, 4) is 0 Å². The highest BCUT2D eigenvalue weighted by Gasteiger charge is 2.11. The van der Waals surface area contributed by atoms with E-state index in [-0.39, 0.29) is 0 Å². The number of rotatable bonds is 6. The molecule has 0 aliphatic rings. The monoisotopic (exact) mass is 290 g/mol. The molecule has 3 aromatic heterocycles. The molecule has 0 spiro atoms. The summed E-state index contributed by atoms with van der Waals surface area (Å²) < 4.78 is 2.24. The summed E-state index contributed by atoms with van der Waals surface area (Å²) in [6.45, 7) is 6.00. The lowest BCUT2D eigenvalue weighted by Crippen LogP contribution is -2.17. The van der Waals surface area contributed by atoms with Gasteiger partial charge in [-0.2, -0.15) is 5.10 Å². The summed E-state index contributed by atoms with van der Waals surface area (Å²) >= 11 is 1.70. The highest BCUT2D eigenvalue weighted by Crippen LogP contribution is 2.20. The second-order valence-corrected chi connectivity index (χ2v) is 5.69. The number of aryl methyl sites for hydroxylation is 3. The van der Waals surface area contributed by atoms with Crippen LogP contribution >= 0.6 is 11.3 Å². The Morgan fingerprint density at radius 2 is 2.30 bits per heavy atom. The number of fused-ring (bicyclic) bond motifs is 1. The molecular formula is C13H18N6S. The largest absolute Gasteiger partial charge is 0.311 e. The van der Waals surface area contributed by atoms with Gasteiger partial charge in [0.2, 0.25) is 0 Å². The molecule has 106 valence electrons. The van der Waals surface area contributed by atoms with Crippen molar-refractivity contribution in [2.75, 3.05) is 6.54 Å². The van der Waals surface area contributed by atoms with Gasteiger partial charge in [-0.25, -0.2) is 9.97 Å². The van der Waals surface area contributed by atoms with Crippen LogP contribution in [0.15, 0.2) is 11.7 Å². The third kappa shape index (κ3) is 2.59. The maximum atomic E-state index is 4.59. The maximum absolute atomic E-state index is 4.59. The van der Waals surface area contributed by atoms with Crippen LogP contribution in [0.4, 0.5) is 0 Å². The van der Waals surface area contributed by atoms with E-state index in [4.69, 9.17) is 0 Å². The molecule has 20 heavy (non-hydrogen) atoms. The molecule has 0 aliphatic carbocycles. The van der Waals surface area contributed by atoms with Crippen LogP contribution in [-0.4, -0.2) is 31.1 Å². The summed E-state index contributed by atoms with van der Waals surface area (Å²) in [5.74, 6) is 0.948. The fourth-order valence-electron chi connectivity index (χ4n) is 2.31. The van der Waals surface area contributed by atoms with Gasteiger partial charge in [0.05, 0.1) is 11.4 Å². The smallest absolute Gasteiger partial charge is 0.194 e. The third-order valence-corrected chi connectivity index (χ3v) is 4.30. The number of hydrogen-bond acceptors (Lipinski definition) is 5. The van der Waals surface area contributed by atoms with E-state index < -0.39 is 0 Å². The predicted octanol–water partition coefficient (Wildman–Crippen LogP) is 1.85. The van der Waals surface area contributed by atoms with Crippen LogP contribution in [-0.2, 0) is 13.0 Å². The zero-order valence-electron chi connectivity index (χ0n) is 11.7. The van der Waals surface area contributed by atoms with Crippen molar-refractivity contribution in [3.63, 3.8) is 0 Å². The number of imidazole rings is 1. The standard InChI is InChI=1S/C13H18N6S/c1-9-7-20-13-17-10(2)11(19(9)13)6-14-5-3-4-12-15-8-16-18-12/h7-8,14H,3-6H2,1-2H3,(H,15,16,18). The van der Waals surface area contributed by atoms with Crippen LogP contribution in [0.1, 0.15) is 29.3 Å². The minimum Gasteiger partial charge on any atom is -0.311 e. The Morgan fingerprint density at radius 1 is 1.40 bits per heavy atom. The second kappa shape index (κ2) is 5.72. The summed E-state index contributed by atoms with van der Waals surface area (Å²) in [4.78, 5) is 9.79. The van der Waals surface area contributed by atoms with Crippen molar-refractivity contribution in [3.05, 3.63) is 34.6 Å². The van der Waals surface area contributed by atoms with E-state index in [2.05, 4.69) is 49.1 Å². The Labute approximate surface area is 121 Å². The third-order valence-electron chi connectivity index (χ3n) is 3.35. The van der Waals surface area contributed by atoms with Gasteiger partial charge >= 0.3 is 0 Å². The number of nitrogens with zero attached hydrogens (tertiary/aromatic N) is 4. The van der Waals surface area contributed by atoms with E-state index >= 15 is 0 Å². The van der Waals surface area contributed by atoms with Crippen LogP contribution < -0.4 is 5.32 Å². The molecule has 2 N–H and O–H groups in total. The average Bonchev–Trinajstić information content (AvgIpc) is 3.11. The summed E-state index contributed by atoms with van der Waals surface area (Å²) in [6, 6.07) is 0. The lowest BCUT2D eigenvalue weighted by Gasteiger charge is -2.05. The Bertz CT molecular complexity index is 681. The zero-order valence-corrected chi connectivity index (χ0v) is 12.5. The van der Waals surface area contributed by atoms with E-state index in [0.717, 1.165) is 42.4 Å². The van der Waals surface area contributed by atoms with Gasteiger partial charge in [-0.05, 0) is 26.8 Å². The molecule has 0 unspecified atom stereocenters. The van der Waals surface area contributed by atoms with Crippen molar-refractivity contribution in [1.29, 1.82) is 0 Å². The van der Waals surface area contributed by atoms with Gasteiger partial charge in [-0.15, -0.1) is 11.3 Å². The molecule has 0 bridgehead atoms. The Balaban J connectivity index is 1.54. The first-order valence-corrected chi connectivity index (χ1v) is 7.60. The summed E-state index contributed by atoms with van der Waals surface area (Å²) in [5.41, 5.74) is 3.63. The number of H-pyrrole nitrogens is 1. The number of thiazole rings is 1. The van der Waals surface area contributed by atoms with Crippen molar-refractivity contribution >= 4 is 16.3 Å². The van der Waals surface area contributed by atoms with E-state index in [0.29, 0.717) is 0 Å². The summed E-state index contributed by atoms with van der Waals surface area (Å²) in [6.07, 6.45) is 3.51. The lowest BCUT2D eigenvalue weighted by molar-refractivity contribution is 0.627. The van der Waals surface area contributed by atoms with E-state index in [9.17, 15) is 0 Å². The van der Waals surface area contributed by atoms with Crippen molar-refractivity contribution < 1.29 is 0 Å². The first-order valence-electron chi connectivity index (χ1n) is 6.72. The number of hydrogen-bond donors (Lipinski definition) is 2. The number of aromatic nitrogens is 5. The van der Waals surface area contributed by atoms with Gasteiger partial charge < -0.3 is 5.32 Å². The van der Waals surface area contributed by atoms with E-state index in [1.54, 1.807) is 17.7 Å². The molecule has 0 saturated carbocycles. The molecule has 7 heteroatoms. The van der Waals surface area contributed by atoms with Crippen LogP contribution in [0.25, 0.3) is 4.96 Å². The van der Waals surface area contributed by atoms with Gasteiger partial charge in [0, 0.05) is 24.0 Å². The first kappa shape index (κ1) is 13.3. The van der Waals surface area contributed by atoms with Crippen molar-refractivity contribution in [2.45, 2.75) is 33.2 Å². The van der Waals surface area contributed by atoms with Crippen LogP contribution in [0.3, 0.4) is 0 Å². The van der Waals surface area contributed by atoms with Crippen LogP contribution in [0, 0.1) is 13.8 Å². The number of aromatic amines is 1. The van der Waals surface area contributed by atoms with Crippen LogP contribution in [0.2, 0.25) is 0 Å². The Kier molecular flexibility index (Phi) is 3.79. The molecule has 0 saturated heterocycles. The molecule has 3 rings (SSSR count). The van der Waals surface area contributed by atoms with Crippen molar-refractivity contribution in [1.82, 2.24) is 29.9 Å². The highest BCUT2D eigenvalue weighted by molar-refractivity contribution is 7.15. The maximum Gasteiger partial charge on any atom is 0.194 e. The Hall–Kier alpha value is -1.73. The van der Waals surface area contributed by atoms with Gasteiger partial charge in [0.25, 0.3) is 0 Å². The minimum absolute atomic E-state index is 0.848. The van der Waals surface area contributed by atoms with Gasteiger partial charge in [0.15, 0.2) is 4.96 Å². The minimum atomic E-state index is 0.848. The average molecular weight is 290 g/mol. The van der Waals surface area contributed by atoms with Gasteiger partial charge in [-0.1, -0.05) is 0 Å².